The molecule has 4 nitrogen and oxygen atoms in total. The second-order valence-corrected chi connectivity index (χ2v) is 5.54. The van der Waals surface area contributed by atoms with Crippen LogP contribution in [0, 0.1) is 0 Å². The van der Waals surface area contributed by atoms with Crippen LogP contribution in [0.2, 0.25) is 5.02 Å². The lowest BCUT2D eigenvalue weighted by molar-refractivity contribution is 0.566. The number of sulfonamides is 1. The standard InChI is InChI=1S/C8H8Cl2N2O2S/c9-4-8-11-6-3-5(10)1-2-7(6)15(13,14)12-8/h1-3,8,11-12H,4H2/t8-/m0/s1. The van der Waals surface area contributed by atoms with E-state index in [4.69, 9.17) is 23.2 Å². The number of halogens is 2. The smallest absolute Gasteiger partial charge is 0.244 e. The molecule has 82 valence electrons. The van der Waals surface area contributed by atoms with E-state index in [1.807, 2.05) is 0 Å². The van der Waals surface area contributed by atoms with Gasteiger partial charge in [0.2, 0.25) is 10.0 Å². The second kappa shape index (κ2) is 3.83. The van der Waals surface area contributed by atoms with Gasteiger partial charge in [-0.3, -0.25) is 0 Å². The van der Waals surface area contributed by atoms with Gasteiger partial charge in [-0.05, 0) is 18.2 Å². The molecule has 1 aliphatic heterocycles. The molecule has 1 aromatic carbocycles. The highest BCUT2D eigenvalue weighted by molar-refractivity contribution is 7.89. The predicted octanol–water partition coefficient (Wildman–Crippen LogP) is 1.61. The van der Waals surface area contributed by atoms with E-state index in [1.54, 1.807) is 6.07 Å². The Bertz CT molecular complexity index is 489. The van der Waals surface area contributed by atoms with Crippen LogP contribution in [0.1, 0.15) is 0 Å². The molecular formula is C8H8Cl2N2O2S. The number of benzene rings is 1. The third-order valence-electron chi connectivity index (χ3n) is 2.01. The van der Waals surface area contributed by atoms with Crippen molar-refractivity contribution in [3.8, 4) is 0 Å². The van der Waals surface area contributed by atoms with Crippen LogP contribution in [0.3, 0.4) is 0 Å². The summed E-state index contributed by atoms with van der Waals surface area (Å²) in [5, 5.41) is 3.41. The molecule has 0 fully saturated rings. The Balaban J connectivity index is 2.55. The normalized spacial score (nSPS) is 22.9. The van der Waals surface area contributed by atoms with Gasteiger partial charge in [-0.2, -0.15) is 4.72 Å². The SMILES string of the molecule is O=S1(=O)N[C@@H](CCl)Nc2cc(Cl)ccc21. The zero-order chi connectivity index (χ0) is 11.1. The Labute approximate surface area is 97.6 Å². The van der Waals surface area contributed by atoms with Crippen molar-refractivity contribution in [3.63, 3.8) is 0 Å². The van der Waals surface area contributed by atoms with Gasteiger partial charge in [0.05, 0.1) is 11.6 Å². The van der Waals surface area contributed by atoms with Crippen LogP contribution in [0.4, 0.5) is 5.69 Å². The van der Waals surface area contributed by atoms with Gasteiger partial charge in [-0.25, -0.2) is 8.42 Å². The lowest BCUT2D eigenvalue weighted by Gasteiger charge is -2.26. The maximum Gasteiger partial charge on any atom is 0.244 e. The Morgan fingerprint density at radius 3 is 2.80 bits per heavy atom. The van der Waals surface area contributed by atoms with Gasteiger partial charge in [0, 0.05) is 5.02 Å². The zero-order valence-corrected chi connectivity index (χ0v) is 9.83. The zero-order valence-electron chi connectivity index (χ0n) is 7.50. The molecule has 1 aliphatic rings. The molecule has 1 aromatic rings. The molecule has 0 aromatic heterocycles. The minimum absolute atomic E-state index is 0.144. The Hall–Kier alpha value is -0.490. The van der Waals surface area contributed by atoms with Gasteiger partial charge < -0.3 is 5.32 Å². The molecule has 15 heavy (non-hydrogen) atoms. The van der Waals surface area contributed by atoms with Crippen LogP contribution in [0.5, 0.6) is 0 Å². The van der Waals surface area contributed by atoms with Crippen LogP contribution in [-0.4, -0.2) is 20.5 Å². The largest absolute Gasteiger partial charge is 0.367 e. The van der Waals surface area contributed by atoms with Crippen molar-refractivity contribution < 1.29 is 8.42 Å². The van der Waals surface area contributed by atoms with E-state index in [0.29, 0.717) is 10.7 Å². The van der Waals surface area contributed by atoms with Gasteiger partial charge in [-0.1, -0.05) is 11.6 Å². The first-order valence-corrected chi connectivity index (χ1v) is 6.57. The fraction of sp³-hybridized carbons (Fsp3) is 0.250. The number of hydrogen-bond acceptors (Lipinski definition) is 3. The van der Waals surface area contributed by atoms with E-state index in [1.165, 1.54) is 12.1 Å². The fourth-order valence-electron chi connectivity index (χ4n) is 1.39. The number of fused-ring (bicyclic) bond motifs is 1. The molecule has 0 unspecified atom stereocenters. The average Bonchev–Trinajstić information content (AvgIpc) is 2.15. The van der Waals surface area contributed by atoms with Crippen LogP contribution >= 0.6 is 23.2 Å². The second-order valence-electron chi connectivity index (χ2n) is 3.11. The Kier molecular flexibility index (Phi) is 2.81. The molecule has 0 aliphatic carbocycles. The van der Waals surface area contributed by atoms with Gasteiger partial charge in [0.25, 0.3) is 0 Å². The molecule has 0 bridgehead atoms. The summed E-state index contributed by atoms with van der Waals surface area (Å²) in [6.45, 7) is 0. The van der Waals surface area contributed by atoms with Gasteiger partial charge in [0.15, 0.2) is 0 Å². The van der Waals surface area contributed by atoms with Crippen LogP contribution < -0.4 is 10.0 Å². The molecular weight excluding hydrogens is 259 g/mol. The molecule has 0 spiro atoms. The first-order chi connectivity index (χ1) is 7.03. The number of rotatable bonds is 1. The highest BCUT2D eigenvalue weighted by Crippen LogP contribution is 2.28. The summed E-state index contributed by atoms with van der Waals surface area (Å²) in [5.41, 5.74) is 0.479. The van der Waals surface area contributed by atoms with Crippen LogP contribution in [0.15, 0.2) is 23.1 Å². The predicted molar refractivity (Wildman–Crippen MR) is 59.9 cm³/mol. The summed E-state index contributed by atoms with van der Waals surface area (Å²) in [5.74, 6) is 0.144. The van der Waals surface area contributed by atoms with E-state index in [2.05, 4.69) is 10.0 Å². The summed E-state index contributed by atoms with van der Waals surface area (Å²) in [7, 11) is -3.48. The van der Waals surface area contributed by atoms with Crippen molar-refractivity contribution in [2.75, 3.05) is 11.2 Å². The summed E-state index contributed by atoms with van der Waals surface area (Å²) in [4.78, 5) is 0.188. The molecule has 2 rings (SSSR count). The topological polar surface area (TPSA) is 58.2 Å². The molecule has 0 radical (unpaired) electrons. The maximum absolute atomic E-state index is 11.7. The number of hydrogen-bond donors (Lipinski definition) is 2. The lowest BCUT2D eigenvalue weighted by Crippen LogP contribution is -2.45. The van der Waals surface area contributed by atoms with Crippen molar-refractivity contribution in [1.82, 2.24) is 4.72 Å². The highest BCUT2D eigenvalue weighted by Gasteiger charge is 2.28. The van der Waals surface area contributed by atoms with E-state index < -0.39 is 16.2 Å². The number of nitrogens with one attached hydrogen (secondary N) is 2. The van der Waals surface area contributed by atoms with Crippen molar-refractivity contribution in [2.45, 2.75) is 11.1 Å². The number of anilines is 1. The average molecular weight is 267 g/mol. The summed E-state index contributed by atoms with van der Waals surface area (Å²) in [6, 6.07) is 4.55. The lowest BCUT2D eigenvalue weighted by atomic mass is 10.3. The minimum Gasteiger partial charge on any atom is -0.367 e. The summed E-state index contributed by atoms with van der Waals surface area (Å²) in [6.07, 6.45) is -0.498. The molecule has 1 atom stereocenters. The molecule has 0 saturated carbocycles. The molecule has 0 saturated heterocycles. The molecule has 0 amide bonds. The maximum atomic E-state index is 11.7. The van der Waals surface area contributed by atoms with Gasteiger partial charge in [0.1, 0.15) is 11.1 Å². The summed E-state index contributed by atoms with van der Waals surface area (Å²) < 4.78 is 25.8. The van der Waals surface area contributed by atoms with Crippen molar-refractivity contribution in [1.29, 1.82) is 0 Å². The van der Waals surface area contributed by atoms with Crippen LogP contribution in [-0.2, 0) is 10.0 Å². The Morgan fingerprint density at radius 2 is 2.13 bits per heavy atom. The monoisotopic (exact) mass is 266 g/mol. The fourth-order valence-corrected chi connectivity index (χ4v) is 3.10. The quantitative estimate of drug-likeness (QED) is 0.760. The van der Waals surface area contributed by atoms with Gasteiger partial charge in [-0.15, -0.1) is 11.6 Å². The summed E-state index contributed by atoms with van der Waals surface area (Å²) >= 11 is 11.4. The van der Waals surface area contributed by atoms with Crippen LogP contribution in [0.25, 0.3) is 0 Å². The molecule has 7 heteroatoms. The molecule has 1 heterocycles. The minimum atomic E-state index is -3.48. The molecule has 2 N–H and O–H groups in total. The van der Waals surface area contributed by atoms with Gasteiger partial charge >= 0.3 is 0 Å². The first-order valence-electron chi connectivity index (χ1n) is 4.17. The van der Waals surface area contributed by atoms with Crippen molar-refractivity contribution in [3.05, 3.63) is 23.2 Å². The third-order valence-corrected chi connectivity index (χ3v) is 4.09. The van der Waals surface area contributed by atoms with E-state index in [-0.39, 0.29) is 10.8 Å². The van der Waals surface area contributed by atoms with Crippen molar-refractivity contribution >= 4 is 38.9 Å². The highest BCUT2D eigenvalue weighted by atomic mass is 35.5. The van der Waals surface area contributed by atoms with E-state index >= 15 is 0 Å². The van der Waals surface area contributed by atoms with E-state index in [0.717, 1.165) is 0 Å². The third kappa shape index (κ3) is 2.06. The van der Waals surface area contributed by atoms with E-state index in [9.17, 15) is 8.42 Å². The Morgan fingerprint density at radius 1 is 1.40 bits per heavy atom. The first kappa shape index (κ1) is 11.0. The number of alkyl halides is 1. The van der Waals surface area contributed by atoms with Crippen molar-refractivity contribution in [2.24, 2.45) is 0 Å².